The van der Waals surface area contributed by atoms with Gasteiger partial charge in [-0.15, -0.1) is 0 Å². The molecule has 3 nitrogen and oxygen atoms in total. The minimum Gasteiger partial charge on any atom is -0.352 e. The predicted molar refractivity (Wildman–Crippen MR) is 128 cm³/mol. The van der Waals surface area contributed by atoms with E-state index in [0.29, 0.717) is 12.1 Å². The van der Waals surface area contributed by atoms with Crippen LogP contribution in [0.2, 0.25) is 0 Å². The Bertz CT molecular complexity index is 969. The fraction of sp³-hybridized carbons (Fsp3) is 0.321. The van der Waals surface area contributed by atoms with E-state index in [1.165, 1.54) is 48.2 Å². The number of hydrogen-bond acceptors (Lipinski definition) is 2. The highest BCUT2D eigenvalue weighted by molar-refractivity contribution is 5.94. The van der Waals surface area contributed by atoms with Crippen LogP contribution in [-0.4, -0.2) is 30.4 Å². The maximum absolute atomic E-state index is 12.5. The van der Waals surface area contributed by atoms with Crippen LogP contribution in [0.15, 0.2) is 72.8 Å². The summed E-state index contributed by atoms with van der Waals surface area (Å²) in [6, 6.07) is 25.3. The van der Waals surface area contributed by atoms with E-state index >= 15 is 0 Å². The smallest absolute Gasteiger partial charge is 0.251 e. The monoisotopic (exact) mass is 412 g/mol. The van der Waals surface area contributed by atoms with Gasteiger partial charge in [0.25, 0.3) is 5.91 Å². The Morgan fingerprint density at radius 2 is 1.32 bits per heavy atom. The van der Waals surface area contributed by atoms with Gasteiger partial charge in [-0.25, -0.2) is 0 Å². The van der Waals surface area contributed by atoms with Gasteiger partial charge >= 0.3 is 0 Å². The second-order valence-corrected chi connectivity index (χ2v) is 8.43. The molecular weight excluding hydrogens is 380 g/mol. The molecule has 1 fully saturated rings. The lowest BCUT2D eigenvalue weighted by Gasteiger charge is -2.14. The minimum atomic E-state index is -0.0152. The Kier molecular flexibility index (Phi) is 7.16. The van der Waals surface area contributed by atoms with Gasteiger partial charge in [0.15, 0.2) is 0 Å². The number of amides is 1. The predicted octanol–water partition coefficient (Wildman–Crippen LogP) is 5.48. The number of likely N-dealkylation sites (tertiary alicyclic amines) is 1. The summed E-state index contributed by atoms with van der Waals surface area (Å²) < 4.78 is 0. The minimum absolute atomic E-state index is 0.0152. The van der Waals surface area contributed by atoms with Crippen LogP contribution in [0.5, 0.6) is 0 Å². The first kappa shape index (κ1) is 21.3. The molecule has 1 saturated heterocycles. The third-order valence-electron chi connectivity index (χ3n) is 6.17. The van der Waals surface area contributed by atoms with Gasteiger partial charge in [-0.2, -0.15) is 0 Å². The first-order chi connectivity index (χ1) is 15.2. The average molecular weight is 413 g/mol. The van der Waals surface area contributed by atoms with Crippen LogP contribution in [0.25, 0.3) is 11.1 Å². The van der Waals surface area contributed by atoms with Gasteiger partial charge in [0, 0.05) is 18.7 Å². The zero-order valence-electron chi connectivity index (χ0n) is 18.4. The molecular formula is C28H32N2O. The fourth-order valence-electron chi connectivity index (χ4n) is 4.18. The summed E-state index contributed by atoms with van der Waals surface area (Å²) in [6.45, 7) is 6.30. The second-order valence-electron chi connectivity index (χ2n) is 8.43. The Balaban J connectivity index is 1.25. The van der Waals surface area contributed by atoms with Crippen LogP contribution >= 0.6 is 0 Å². The van der Waals surface area contributed by atoms with E-state index in [1.54, 1.807) is 0 Å². The van der Waals surface area contributed by atoms with Gasteiger partial charge in [0.1, 0.15) is 0 Å². The standard InChI is InChI=1S/C28H32N2O/c1-2-22-9-11-25(12-10-22)26-13-15-27(16-14-26)28(31)29-18-17-23-5-7-24(8-6-23)21-30-19-3-4-20-30/h5-16H,2-4,17-21H2,1H3,(H,29,31). The molecule has 1 heterocycles. The van der Waals surface area contributed by atoms with Crippen molar-refractivity contribution in [2.24, 2.45) is 0 Å². The number of benzene rings is 3. The zero-order chi connectivity index (χ0) is 21.5. The van der Waals surface area contributed by atoms with Crippen molar-refractivity contribution in [2.75, 3.05) is 19.6 Å². The normalized spacial score (nSPS) is 14.0. The van der Waals surface area contributed by atoms with Crippen LogP contribution in [0.4, 0.5) is 0 Å². The van der Waals surface area contributed by atoms with E-state index in [1.807, 2.05) is 24.3 Å². The molecule has 0 unspecified atom stereocenters. The van der Waals surface area contributed by atoms with Crippen LogP contribution < -0.4 is 5.32 Å². The summed E-state index contributed by atoms with van der Waals surface area (Å²) in [5.74, 6) is -0.0152. The zero-order valence-corrected chi connectivity index (χ0v) is 18.4. The maximum atomic E-state index is 12.5. The summed E-state index contributed by atoms with van der Waals surface area (Å²) in [5.41, 5.74) is 6.98. The molecule has 3 heteroatoms. The summed E-state index contributed by atoms with van der Waals surface area (Å²) in [4.78, 5) is 15.0. The SMILES string of the molecule is CCc1ccc(-c2ccc(C(=O)NCCc3ccc(CN4CCCC4)cc3)cc2)cc1. The molecule has 3 aromatic rings. The van der Waals surface area contributed by atoms with Gasteiger partial charge < -0.3 is 5.32 Å². The Hall–Kier alpha value is -2.91. The van der Waals surface area contributed by atoms with E-state index in [4.69, 9.17) is 0 Å². The molecule has 1 aliphatic heterocycles. The maximum Gasteiger partial charge on any atom is 0.251 e. The first-order valence-electron chi connectivity index (χ1n) is 11.5. The molecule has 0 spiro atoms. The van der Waals surface area contributed by atoms with Crippen LogP contribution in [0.3, 0.4) is 0 Å². The van der Waals surface area contributed by atoms with Crippen LogP contribution in [0.1, 0.15) is 46.8 Å². The number of nitrogens with one attached hydrogen (secondary N) is 1. The number of hydrogen-bond donors (Lipinski definition) is 1. The quantitative estimate of drug-likeness (QED) is 0.531. The van der Waals surface area contributed by atoms with E-state index in [0.717, 1.165) is 24.9 Å². The number of carbonyl (C=O) groups is 1. The first-order valence-corrected chi connectivity index (χ1v) is 11.5. The summed E-state index contributed by atoms with van der Waals surface area (Å²) in [7, 11) is 0. The highest BCUT2D eigenvalue weighted by atomic mass is 16.1. The van der Waals surface area contributed by atoms with Crippen LogP contribution in [0, 0.1) is 0 Å². The topological polar surface area (TPSA) is 32.3 Å². The molecule has 0 atom stereocenters. The molecule has 1 amide bonds. The van der Waals surface area contributed by atoms with Crippen molar-refractivity contribution in [1.82, 2.24) is 10.2 Å². The molecule has 0 saturated carbocycles. The number of rotatable bonds is 8. The molecule has 1 aliphatic rings. The molecule has 4 rings (SSSR count). The van der Waals surface area contributed by atoms with Crippen molar-refractivity contribution in [1.29, 1.82) is 0 Å². The molecule has 0 aromatic heterocycles. The largest absolute Gasteiger partial charge is 0.352 e. The average Bonchev–Trinajstić information content (AvgIpc) is 3.33. The van der Waals surface area contributed by atoms with Crippen molar-refractivity contribution >= 4 is 5.91 Å². The third kappa shape index (κ3) is 5.83. The molecule has 31 heavy (non-hydrogen) atoms. The van der Waals surface area contributed by atoms with Gasteiger partial charge in [0.2, 0.25) is 0 Å². The lowest BCUT2D eigenvalue weighted by atomic mass is 10.0. The Morgan fingerprint density at radius 1 is 0.774 bits per heavy atom. The summed E-state index contributed by atoms with van der Waals surface area (Å²) in [5, 5.41) is 3.05. The third-order valence-corrected chi connectivity index (χ3v) is 6.17. The van der Waals surface area contributed by atoms with Gasteiger partial charge in [-0.3, -0.25) is 9.69 Å². The van der Waals surface area contributed by atoms with Gasteiger partial charge in [-0.1, -0.05) is 67.6 Å². The highest BCUT2D eigenvalue weighted by Gasteiger charge is 2.11. The van der Waals surface area contributed by atoms with Crippen LogP contribution in [-0.2, 0) is 19.4 Å². The fourth-order valence-corrected chi connectivity index (χ4v) is 4.18. The van der Waals surface area contributed by atoms with E-state index in [9.17, 15) is 4.79 Å². The lowest BCUT2D eigenvalue weighted by Crippen LogP contribution is -2.25. The Morgan fingerprint density at radius 3 is 1.94 bits per heavy atom. The van der Waals surface area contributed by atoms with Crippen molar-refractivity contribution in [3.8, 4) is 11.1 Å². The molecule has 160 valence electrons. The van der Waals surface area contributed by atoms with Gasteiger partial charge in [-0.05, 0) is 78.7 Å². The molecule has 3 aromatic carbocycles. The van der Waals surface area contributed by atoms with E-state index in [-0.39, 0.29) is 5.91 Å². The van der Waals surface area contributed by atoms with Crippen molar-refractivity contribution < 1.29 is 4.79 Å². The molecule has 0 aliphatic carbocycles. The molecule has 0 bridgehead atoms. The van der Waals surface area contributed by atoms with E-state index < -0.39 is 0 Å². The van der Waals surface area contributed by atoms with Crippen molar-refractivity contribution in [3.63, 3.8) is 0 Å². The highest BCUT2D eigenvalue weighted by Crippen LogP contribution is 2.20. The molecule has 0 radical (unpaired) electrons. The summed E-state index contributed by atoms with van der Waals surface area (Å²) >= 11 is 0. The van der Waals surface area contributed by atoms with E-state index in [2.05, 4.69) is 65.7 Å². The van der Waals surface area contributed by atoms with Crippen molar-refractivity contribution in [2.45, 2.75) is 39.2 Å². The Labute approximate surface area is 186 Å². The lowest BCUT2D eigenvalue weighted by molar-refractivity contribution is 0.0954. The number of carbonyl (C=O) groups excluding carboxylic acids is 1. The molecule has 1 N–H and O–H groups in total. The second kappa shape index (κ2) is 10.4. The summed E-state index contributed by atoms with van der Waals surface area (Å²) in [6.07, 6.45) is 4.54. The van der Waals surface area contributed by atoms with Gasteiger partial charge in [0.05, 0.1) is 0 Å². The number of aryl methyl sites for hydroxylation is 1. The van der Waals surface area contributed by atoms with Crippen molar-refractivity contribution in [3.05, 3.63) is 95.1 Å². The number of nitrogens with zero attached hydrogens (tertiary/aromatic N) is 1.